The predicted octanol–water partition coefficient (Wildman–Crippen LogP) is 1.68. The molecule has 0 aromatic rings. The van der Waals surface area contributed by atoms with Gasteiger partial charge in [-0.2, -0.15) is 0 Å². The highest BCUT2D eigenvalue weighted by atomic mass is 32.2. The molecule has 86 valence electrons. The van der Waals surface area contributed by atoms with Crippen molar-refractivity contribution in [2.24, 2.45) is 0 Å². The number of rotatable bonds is 4. The van der Waals surface area contributed by atoms with Gasteiger partial charge in [0.2, 0.25) is 0 Å². The number of carbonyl (C=O) groups excluding carboxylic acids is 1. The van der Waals surface area contributed by atoms with Crippen LogP contribution in [0.5, 0.6) is 0 Å². The SMILES string of the molecule is COC(=O)CSC1(C(=O)O)CCCCC1. The van der Waals surface area contributed by atoms with Crippen molar-refractivity contribution in [3.05, 3.63) is 0 Å². The molecule has 4 nitrogen and oxygen atoms in total. The number of aliphatic carboxylic acids is 1. The quantitative estimate of drug-likeness (QED) is 0.747. The minimum absolute atomic E-state index is 0.128. The van der Waals surface area contributed by atoms with Crippen LogP contribution in [0.1, 0.15) is 32.1 Å². The van der Waals surface area contributed by atoms with Gasteiger partial charge in [0.1, 0.15) is 4.75 Å². The number of thioether (sulfide) groups is 1. The van der Waals surface area contributed by atoms with Crippen molar-refractivity contribution in [1.82, 2.24) is 0 Å². The lowest BCUT2D eigenvalue weighted by Crippen LogP contribution is -2.38. The van der Waals surface area contributed by atoms with Crippen molar-refractivity contribution in [3.63, 3.8) is 0 Å². The predicted molar refractivity (Wildman–Crippen MR) is 57.9 cm³/mol. The Balaban J connectivity index is 2.57. The van der Waals surface area contributed by atoms with Gasteiger partial charge in [0.15, 0.2) is 0 Å². The standard InChI is InChI=1S/C10H16O4S/c1-14-8(11)7-15-10(9(12)13)5-3-2-4-6-10/h2-7H2,1H3,(H,12,13). The van der Waals surface area contributed by atoms with Crippen LogP contribution in [0.25, 0.3) is 0 Å². The fourth-order valence-corrected chi connectivity index (χ4v) is 3.01. The fourth-order valence-electron chi connectivity index (χ4n) is 1.80. The van der Waals surface area contributed by atoms with E-state index >= 15 is 0 Å². The Kier molecular flexibility index (Phi) is 4.45. The number of esters is 1. The molecule has 0 amide bonds. The van der Waals surface area contributed by atoms with Crippen LogP contribution in [0.4, 0.5) is 0 Å². The van der Waals surface area contributed by atoms with Gasteiger partial charge in [-0.3, -0.25) is 9.59 Å². The van der Waals surface area contributed by atoms with E-state index in [1.165, 1.54) is 18.9 Å². The Morgan fingerprint density at radius 2 is 1.93 bits per heavy atom. The van der Waals surface area contributed by atoms with Crippen LogP contribution in [0, 0.1) is 0 Å². The summed E-state index contributed by atoms with van der Waals surface area (Å²) in [4.78, 5) is 22.2. The summed E-state index contributed by atoms with van der Waals surface area (Å²) in [5, 5.41) is 9.20. The summed E-state index contributed by atoms with van der Waals surface area (Å²) in [6.45, 7) is 0. The normalized spacial score (nSPS) is 19.5. The molecular weight excluding hydrogens is 216 g/mol. The monoisotopic (exact) mass is 232 g/mol. The number of methoxy groups -OCH3 is 1. The Hall–Kier alpha value is -0.710. The van der Waals surface area contributed by atoms with E-state index in [1.807, 2.05) is 0 Å². The molecule has 1 aliphatic rings. The van der Waals surface area contributed by atoms with Gasteiger partial charge in [-0.1, -0.05) is 19.3 Å². The average molecular weight is 232 g/mol. The lowest BCUT2D eigenvalue weighted by molar-refractivity contribution is -0.140. The first-order valence-corrected chi connectivity index (χ1v) is 6.03. The van der Waals surface area contributed by atoms with Crippen LogP contribution in [-0.4, -0.2) is 34.7 Å². The molecule has 1 fully saturated rings. The van der Waals surface area contributed by atoms with Gasteiger partial charge in [0, 0.05) is 0 Å². The number of ether oxygens (including phenoxy) is 1. The molecular formula is C10H16O4S. The van der Waals surface area contributed by atoms with Gasteiger partial charge in [-0.25, -0.2) is 0 Å². The molecule has 1 aliphatic carbocycles. The van der Waals surface area contributed by atoms with E-state index in [0.29, 0.717) is 12.8 Å². The number of carbonyl (C=O) groups is 2. The van der Waals surface area contributed by atoms with E-state index in [-0.39, 0.29) is 11.7 Å². The van der Waals surface area contributed by atoms with Gasteiger partial charge < -0.3 is 9.84 Å². The molecule has 0 aromatic heterocycles. The van der Waals surface area contributed by atoms with Crippen LogP contribution in [0.2, 0.25) is 0 Å². The molecule has 0 atom stereocenters. The molecule has 1 saturated carbocycles. The van der Waals surface area contributed by atoms with Crippen molar-refractivity contribution < 1.29 is 19.4 Å². The van der Waals surface area contributed by atoms with Crippen molar-refractivity contribution in [2.75, 3.05) is 12.9 Å². The maximum absolute atomic E-state index is 11.2. The van der Waals surface area contributed by atoms with Crippen LogP contribution in [0.3, 0.4) is 0 Å². The van der Waals surface area contributed by atoms with Crippen LogP contribution in [0.15, 0.2) is 0 Å². The third kappa shape index (κ3) is 3.12. The smallest absolute Gasteiger partial charge is 0.319 e. The first kappa shape index (κ1) is 12.4. The van der Waals surface area contributed by atoms with E-state index in [1.54, 1.807) is 0 Å². The highest BCUT2D eigenvalue weighted by Crippen LogP contribution is 2.40. The molecule has 0 heterocycles. The molecule has 0 bridgehead atoms. The maximum Gasteiger partial charge on any atom is 0.319 e. The summed E-state index contributed by atoms with van der Waals surface area (Å²) in [6, 6.07) is 0. The Bertz CT molecular complexity index is 246. The Morgan fingerprint density at radius 1 is 1.33 bits per heavy atom. The topological polar surface area (TPSA) is 63.6 Å². The Labute approximate surface area is 93.4 Å². The van der Waals surface area contributed by atoms with Gasteiger partial charge in [0.25, 0.3) is 0 Å². The third-order valence-corrected chi connectivity index (χ3v) is 4.26. The molecule has 0 saturated heterocycles. The first-order chi connectivity index (χ1) is 7.10. The molecule has 0 unspecified atom stereocenters. The van der Waals surface area contributed by atoms with Crippen LogP contribution < -0.4 is 0 Å². The van der Waals surface area contributed by atoms with Crippen molar-refractivity contribution >= 4 is 23.7 Å². The van der Waals surface area contributed by atoms with E-state index in [2.05, 4.69) is 4.74 Å². The summed E-state index contributed by atoms with van der Waals surface area (Å²) in [7, 11) is 1.32. The third-order valence-electron chi connectivity index (χ3n) is 2.74. The van der Waals surface area contributed by atoms with E-state index in [4.69, 9.17) is 0 Å². The minimum atomic E-state index is -0.795. The molecule has 1 rings (SSSR count). The minimum Gasteiger partial charge on any atom is -0.480 e. The highest BCUT2D eigenvalue weighted by Gasteiger charge is 2.40. The van der Waals surface area contributed by atoms with Crippen molar-refractivity contribution in [1.29, 1.82) is 0 Å². The van der Waals surface area contributed by atoms with Gasteiger partial charge in [0.05, 0.1) is 12.9 Å². The molecule has 0 aromatic carbocycles. The second-order valence-corrected chi connectivity index (χ2v) is 5.08. The largest absolute Gasteiger partial charge is 0.480 e. The molecule has 0 radical (unpaired) electrons. The second-order valence-electron chi connectivity index (χ2n) is 3.72. The number of hydrogen-bond acceptors (Lipinski definition) is 4. The van der Waals surface area contributed by atoms with Crippen LogP contribution >= 0.6 is 11.8 Å². The number of carboxylic acids is 1. The highest BCUT2D eigenvalue weighted by molar-refractivity contribution is 8.02. The lowest BCUT2D eigenvalue weighted by atomic mass is 9.88. The van der Waals surface area contributed by atoms with E-state index < -0.39 is 10.7 Å². The zero-order chi connectivity index (χ0) is 11.3. The second kappa shape index (κ2) is 5.39. The number of carboxylic acid groups (broad SMARTS) is 1. The van der Waals surface area contributed by atoms with Crippen molar-refractivity contribution in [3.8, 4) is 0 Å². The van der Waals surface area contributed by atoms with Gasteiger partial charge in [-0.15, -0.1) is 11.8 Å². The van der Waals surface area contributed by atoms with Crippen molar-refractivity contribution in [2.45, 2.75) is 36.9 Å². The van der Waals surface area contributed by atoms with Gasteiger partial charge in [-0.05, 0) is 12.8 Å². The zero-order valence-electron chi connectivity index (χ0n) is 8.82. The molecule has 0 aliphatic heterocycles. The summed E-state index contributed by atoms with van der Waals surface area (Å²) >= 11 is 1.21. The lowest BCUT2D eigenvalue weighted by Gasteiger charge is -2.32. The molecule has 5 heteroatoms. The van der Waals surface area contributed by atoms with Gasteiger partial charge >= 0.3 is 11.9 Å². The molecule has 0 spiro atoms. The zero-order valence-corrected chi connectivity index (χ0v) is 9.64. The summed E-state index contributed by atoms with van der Waals surface area (Å²) in [5.74, 6) is -1.02. The van der Waals surface area contributed by atoms with Crippen LogP contribution in [-0.2, 0) is 14.3 Å². The first-order valence-electron chi connectivity index (χ1n) is 5.05. The summed E-state index contributed by atoms with van der Waals surface area (Å²) in [5.41, 5.74) is 0. The average Bonchev–Trinajstić information content (AvgIpc) is 2.27. The van der Waals surface area contributed by atoms with E-state index in [9.17, 15) is 14.7 Å². The molecule has 15 heavy (non-hydrogen) atoms. The maximum atomic E-state index is 11.2. The Morgan fingerprint density at radius 3 is 2.40 bits per heavy atom. The summed E-state index contributed by atoms with van der Waals surface area (Å²) in [6.07, 6.45) is 4.27. The summed E-state index contributed by atoms with van der Waals surface area (Å²) < 4.78 is 3.76. The van der Waals surface area contributed by atoms with E-state index in [0.717, 1.165) is 19.3 Å². The fraction of sp³-hybridized carbons (Fsp3) is 0.800. The number of hydrogen-bond donors (Lipinski definition) is 1. The molecule has 1 N–H and O–H groups in total.